The van der Waals surface area contributed by atoms with E-state index in [2.05, 4.69) is 15.7 Å². The number of aromatic nitrogens is 2. The van der Waals surface area contributed by atoms with E-state index in [-0.39, 0.29) is 6.03 Å². The molecule has 0 fully saturated rings. The number of methoxy groups -OCH3 is 1. The van der Waals surface area contributed by atoms with Crippen LogP contribution in [0.3, 0.4) is 0 Å². The first-order valence-corrected chi connectivity index (χ1v) is 8.02. The zero-order valence-corrected chi connectivity index (χ0v) is 14.0. The van der Waals surface area contributed by atoms with Gasteiger partial charge in [-0.1, -0.05) is 0 Å². The number of aryl methyl sites for hydroxylation is 1. The Hall–Kier alpha value is -2.15. The lowest BCUT2D eigenvalue weighted by Crippen LogP contribution is -2.28. The quantitative estimate of drug-likeness (QED) is 0.831. The van der Waals surface area contributed by atoms with Crippen molar-refractivity contribution in [1.82, 2.24) is 15.1 Å². The van der Waals surface area contributed by atoms with Crippen LogP contribution in [0.15, 0.2) is 29.3 Å². The van der Waals surface area contributed by atoms with Crippen molar-refractivity contribution in [2.75, 3.05) is 18.7 Å². The van der Waals surface area contributed by atoms with E-state index in [1.165, 1.54) is 0 Å². The summed E-state index contributed by atoms with van der Waals surface area (Å²) < 4.78 is 7.08. The maximum Gasteiger partial charge on any atom is 0.319 e. The van der Waals surface area contributed by atoms with Crippen LogP contribution in [0.25, 0.3) is 0 Å². The summed E-state index contributed by atoms with van der Waals surface area (Å²) in [4.78, 5) is 13.1. The number of urea groups is 1. The smallest absolute Gasteiger partial charge is 0.319 e. The summed E-state index contributed by atoms with van der Waals surface area (Å²) in [6.45, 7) is 2.39. The maximum atomic E-state index is 12.0. The molecule has 6 nitrogen and oxygen atoms in total. The minimum atomic E-state index is -0.279. The van der Waals surface area contributed by atoms with E-state index >= 15 is 0 Å². The van der Waals surface area contributed by atoms with Crippen molar-refractivity contribution >= 4 is 23.5 Å². The molecule has 2 N–H and O–H groups in total. The number of anilines is 1. The number of nitrogens with zero attached hydrogens (tertiary/aromatic N) is 2. The highest BCUT2D eigenvalue weighted by molar-refractivity contribution is 7.98. The predicted molar refractivity (Wildman–Crippen MR) is 88.6 cm³/mol. The van der Waals surface area contributed by atoms with Gasteiger partial charge in [0.25, 0.3) is 0 Å². The molecule has 118 valence electrons. The van der Waals surface area contributed by atoms with E-state index in [0.717, 1.165) is 16.2 Å². The fraction of sp³-hybridized carbons (Fsp3) is 0.333. The number of carbonyl (C=O) groups is 1. The van der Waals surface area contributed by atoms with Crippen LogP contribution in [0.1, 0.15) is 11.3 Å². The monoisotopic (exact) mass is 320 g/mol. The molecule has 7 heteroatoms. The maximum absolute atomic E-state index is 12.0. The van der Waals surface area contributed by atoms with Gasteiger partial charge >= 0.3 is 6.03 Å². The highest BCUT2D eigenvalue weighted by atomic mass is 32.2. The van der Waals surface area contributed by atoms with Gasteiger partial charge in [0.15, 0.2) is 0 Å². The van der Waals surface area contributed by atoms with Gasteiger partial charge < -0.3 is 15.4 Å². The van der Waals surface area contributed by atoms with Crippen molar-refractivity contribution in [3.63, 3.8) is 0 Å². The molecule has 1 aromatic carbocycles. The second kappa shape index (κ2) is 7.22. The van der Waals surface area contributed by atoms with Gasteiger partial charge in [-0.05, 0) is 31.4 Å². The Morgan fingerprint density at radius 2 is 2.23 bits per heavy atom. The molecule has 0 bridgehead atoms. The highest BCUT2D eigenvalue weighted by Gasteiger charge is 2.09. The summed E-state index contributed by atoms with van der Waals surface area (Å²) in [6, 6.07) is 5.39. The standard InChI is InChI=1S/C15H20N4O2S/c1-10-11(9-17-19(10)2)8-16-15(20)18-13-6-5-12(22-4)7-14(13)21-3/h5-7,9H,8H2,1-4H3,(H2,16,18,20). The predicted octanol–water partition coefficient (Wildman–Crippen LogP) is 2.78. The average Bonchev–Trinajstić information content (AvgIpc) is 2.85. The van der Waals surface area contributed by atoms with Gasteiger partial charge in [-0.25, -0.2) is 4.79 Å². The number of amides is 2. The molecule has 0 aliphatic rings. The fourth-order valence-corrected chi connectivity index (χ4v) is 2.39. The summed E-state index contributed by atoms with van der Waals surface area (Å²) in [5, 5.41) is 9.76. The number of hydrogen-bond donors (Lipinski definition) is 2. The molecular weight excluding hydrogens is 300 g/mol. The Bertz CT molecular complexity index is 670. The van der Waals surface area contributed by atoms with Gasteiger partial charge in [0.1, 0.15) is 5.75 Å². The normalized spacial score (nSPS) is 10.4. The van der Waals surface area contributed by atoms with Crippen molar-refractivity contribution in [3.05, 3.63) is 35.7 Å². The molecule has 2 rings (SSSR count). The lowest BCUT2D eigenvalue weighted by atomic mass is 10.2. The number of carbonyl (C=O) groups excluding carboxylic acids is 1. The molecule has 0 unspecified atom stereocenters. The Kier molecular flexibility index (Phi) is 5.32. The van der Waals surface area contributed by atoms with Crippen molar-refractivity contribution in [2.45, 2.75) is 18.4 Å². The first-order valence-electron chi connectivity index (χ1n) is 6.79. The molecule has 0 atom stereocenters. The van der Waals surface area contributed by atoms with Crippen LogP contribution >= 0.6 is 11.8 Å². The molecule has 0 radical (unpaired) electrons. The molecule has 0 saturated carbocycles. The Morgan fingerprint density at radius 3 is 2.82 bits per heavy atom. The van der Waals surface area contributed by atoms with E-state index in [0.29, 0.717) is 18.0 Å². The van der Waals surface area contributed by atoms with E-state index in [4.69, 9.17) is 4.74 Å². The molecule has 0 aliphatic heterocycles. The number of ether oxygens (including phenoxy) is 1. The fourth-order valence-electron chi connectivity index (χ4n) is 1.96. The molecule has 0 saturated heterocycles. The molecule has 0 spiro atoms. The molecular formula is C15H20N4O2S. The van der Waals surface area contributed by atoms with Crippen molar-refractivity contribution in [1.29, 1.82) is 0 Å². The first-order chi connectivity index (χ1) is 10.5. The largest absolute Gasteiger partial charge is 0.495 e. The molecule has 22 heavy (non-hydrogen) atoms. The van der Waals surface area contributed by atoms with Crippen LogP contribution in [-0.2, 0) is 13.6 Å². The summed E-state index contributed by atoms with van der Waals surface area (Å²) in [6.07, 6.45) is 3.74. The number of nitrogens with one attached hydrogen (secondary N) is 2. The SMILES string of the molecule is COc1cc(SC)ccc1NC(=O)NCc1cnn(C)c1C. The van der Waals surface area contributed by atoms with Crippen LogP contribution in [0, 0.1) is 6.92 Å². The van der Waals surface area contributed by atoms with Gasteiger partial charge in [-0.2, -0.15) is 5.10 Å². The van der Waals surface area contributed by atoms with E-state index in [1.807, 2.05) is 38.4 Å². The Labute approximate surface area is 134 Å². The molecule has 0 aliphatic carbocycles. The van der Waals surface area contributed by atoms with Crippen molar-refractivity contribution < 1.29 is 9.53 Å². The van der Waals surface area contributed by atoms with Gasteiger partial charge in [0.05, 0.1) is 19.0 Å². The van der Waals surface area contributed by atoms with Gasteiger partial charge in [0.2, 0.25) is 0 Å². The third-order valence-electron chi connectivity index (χ3n) is 3.43. The summed E-state index contributed by atoms with van der Waals surface area (Å²) in [5.74, 6) is 0.638. The van der Waals surface area contributed by atoms with Crippen molar-refractivity contribution in [2.24, 2.45) is 7.05 Å². The topological polar surface area (TPSA) is 68.2 Å². The Morgan fingerprint density at radius 1 is 1.45 bits per heavy atom. The number of thioether (sulfide) groups is 1. The first kappa shape index (κ1) is 16.2. The minimum Gasteiger partial charge on any atom is -0.495 e. The van der Waals surface area contributed by atoms with Crippen LogP contribution in [-0.4, -0.2) is 29.2 Å². The van der Waals surface area contributed by atoms with E-state index < -0.39 is 0 Å². The number of hydrogen-bond acceptors (Lipinski definition) is 4. The van der Waals surface area contributed by atoms with Crippen LogP contribution in [0.5, 0.6) is 5.75 Å². The second-order valence-electron chi connectivity index (χ2n) is 4.75. The van der Waals surface area contributed by atoms with Gasteiger partial charge in [0, 0.05) is 29.7 Å². The molecule has 2 aromatic rings. The van der Waals surface area contributed by atoms with Gasteiger partial charge in [-0.3, -0.25) is 4.68 Å². The van der Waals surface area contributed by atoms with Crippen LogP contribution in [0.2, 0.25) is 0 Å². The summed E-state index contributed by atoms with van der Waals surface area (Å²) in [7, 11) is 3.46. The van der Waals surface area contributed by atoms with Crippen LogP contribution < -0.4 is 15.4 Å². The number of benzene rings is 1. The van der Waals surface area contributed by atoms with Crippen molar-refractivity contribution in [3.8, 4) is 5.75 Å². The molecule has 2 amide bonds. The summed E-state index contributed by atoms with van der Waals surface area (Å²) in [5.41, 5.74) is 2.66. The zero-order chi connectivity index (χ0) is 16.1. The van der Waals surface area contributed by atoms with Crippen LogP contribution in [0.4, 0.5) is 10.5 Å². The minimum absolute atomic E-state index is 0.279. The van der Waals surface area contributed by atoms with E-state index in [9.17, 15) is 4.79 Å². The lowest BCUT2D eigenvalue weighted by molar-refractivity contribution is 0.251. The lowest BCUT2D eigenvalue weighted by Gasteiger charge is -2.12. The second-order valence-corrected chi connectivity index (χ2v) is 5.63. The number of rotatable bonds is 5. The Balaban J connectivity index is 1.98. The third-order valence-corrected chi connectivity index (χ3v) is 4.16. The molecule has 1 heterocycles. The molecule has 1 aromatic heterocycles. The third kappa shape index (κ3) is 3.73. The average molecular weight is 320 g/mol. The summed E-state index contributed by atoms with van der Waals surface area (Å²) >= 11 is 1.62. The van der Waals surface area contributed by atoms with Gasteiger partial charge in [-0.15, -0.1) is 11.8 Å². The van der Waals surface area contributed by atoms with E-state index in [1.54, 1.807) is 29.8 Å². The zero-order valence-electron chi connectivity index (χ0n) is 13.1. The highest BCUT2D eigenvalue weighted by Crippen LogP contribution is 2.29.